The monoisotopic (exact) mass is 268 g/mol. The minimum atomic E-state index is -4.54. The Hall–Kier alpha value is -0.940. The van der Waals surface area contributed by atoms with E-state index >= 15 is 0 Å². The van der Waals surface area contributed by atoms with E-state index in [0.717, 1.165) is 6.07 Å². The van der Waals surface area contributed by atoms with E-state index in [1.165, 1.54) is 13.8 Å². The molecule has 0 unspecified atom stereocenters. The Labute approximate surface area is 102 Å². The fraction of sp³-hybridized carbons (Fsp3) is 0.455. The van der Waals surface area contributed by atoms with E-state index in [-0.39, 0.29) is 10.6 Å². The number of aliphatic hydroxyl groups is 1. The Morgan fingerprint density at radius 1 is 1.24 bits per heavy atom. The molecule has 1 rings (SSSR count). The van der Waals surface area contributed by atoms with Crippen LogP contribution in [0.2, 0.25) is 5.02 Å². The smallest absolute Gasteiger partial charge is 0.416 e. The first-order chi connectivity index (χ1) is 7.59. The number of phenolic OH excluding ortho intramolecular Hbond substituents is 1. The summed E-state index contributed by atoms with van der Waals surface area (Å²) in [6.07, 6.45) is -4.54. The second-order valence-electron chi connectivity index (χ2n) is 4.39. The maximum absolute atomic E-state index is 12.6. The maximum Gasteiger partial charge on any atom is 0.416 e. The first kappa shape index (κ1) is 14.1. The number of hydrogen-bond acceptors (Lipinski definition) is 2. The molecule has 1 aromatic carbocycles. The number of phenols is 1. The van der Waals surface area contributed by atoms with Gasteiger partial charge in [-0.2, -0.15) is 13.2 Å². The minimum absolute atomic E-state index is 0.0279. The number of halogens is 4. The van der Waals surface area contributed by atoms with E-state index in [4.69, 9.17) is 16.7 Å². The lowest BCUT2D eigenvalue weighted by Gasteiger charge is -2.25. The lowest BCUT2D eigenvalue weighted by Crippen LogP contribution is -2.23. The number of benzene rings is 1. The van der Waals surface area contributed by atoms with Crippen LogP contribution in [0.15, 0.2) is 12.1 Å². The molecule has 17 heavy (non-hydrogen) atoms. The molecule has 2 nitrogen and oxygen atoms in total. The summed E-state index contributed by atoms with van der Waals surface area (Å²) < 4.78 is 37.7. The molecule has 0 amide bonds. The molecule has 6 heteroatoms. The fourth-order valence-electron chi connectivity index (χ4n) is 1.36. The Bertz CT molecular complexity index is 427. The average molecular weight is 269 g/mol. The van der Waals surface area contributed by atoms with Crippen LogP contribution in [0.5, 0.6) is 5.75 Å². The highest BCUT2D eigenvalue weighted by molar-refractivity contribution is 6.32. The van der Waals surface area contributed by atoms with Crippen LogP contribution in [0.1, 0.15) is 25.0 Å². The zero-order valence-corrected chi connectivity index (χ0v) is 10.0. The molecular weight excluding hydrogens is 257 g/mol. The summed E-state index contributed by atoms with van der Waals surface area (Å²) in [6, 6.07) is 1.46. The molecule has 0 atom stereocenters. The molecule has 0 bridgehead atoms. The zero-order chi connectivity index (χ0) is 13.4. The molecule has 0 fully saturated rings. The van der Waals surface area contributed by atoms with Crippen LogP contribution >= 0.6 is 11.6 Å². The lowest BCUT2D eigenvalue weighted by atomic mass is 9.84. The van der Waals surface area contributed by atoms with Gasteiger partial charge >= 0.3 is 6.18 Å². The fourth-order valence-corrected chi connectivity index (χ4v) is 1.58. The van der Waals surface area contributed by atoms with Gasteiger partial charge in [0.2, 0.25) is 0 Å². The summed E-state index contributed by atoms with van der Waals surface area (Å²) >= 11 is 5.56. The van der Waals surface area contributed by atoms with Crippen molar-refractivity contribution in [3.05, 3.63) is 28.3 Å². The third-order valence-corrected chi connectivity index (χ3v) is 2.80. The summed E-state index contributed by atoms with van der Waals surface area (Å²) in [5.74, 6) is -0.432. The van der Waals surface area contributed by atoms with Gasteiger partial charge in [-0.1, -0.05) is 25.4 Å². The van der Waals surface area contributed by atoms with Gasteiger partial charge in [0.25, 0.3) is 0 Å². The average Bonchev–Trinajstić information content (AvgIpc) is 2.20. The van der Waals surface area contributed by atoms with Crippen molar-refractivity contribution in [2.75, 3.05) is 6.61 Å². The second-order valence-corrected chi connectivity index (χ2v) is 4.80. The Morgan fingerprint density at radius 2 is 1.76 bits per heavy atom. The van der Waals surface area contributed by atoms with Crippen molar-refractivity contribution in [3.8, 4) is 5.75 Å². The van der Waals surface area contributed by atoms with Crippen molar-refractivity contribution < 1.29 is 23.4 Å². The molecular formula is C11H12ClF3O2. The summed E-state index contributed by atoms with van der Waals surface area (Å²) in [7, 11) is 0. The third kappa shape index (κ3) is 2.84. The van der Waals surface area contributed by atoms with E-state index < -0.39 is 29.5 Å². The largest absolute Gasteiger partial charge is 0.506 e. The summed E-state index contributed by atoms with van der Waals surface area (Å²) in [5, 5.41) is 18.4. The molecule has 1 aromatic rings. The molecule has 0 saturated carbocycles. The zero-order valence-electron chi connectivity index (χ0n) is 9.27. The van der Waals surface area contributed by atoms with E-state index in [9.17, 15) is 18.3 Å². The second kappa shape index (κ2) is 4.38. The highest BCUT2D eigenvalue weighted by Crippen LogP contribution is 2.41. The van der Waals surface area contributed by atoms with Gasteiger partial charge in [-0.15, -0.1) is 0 Å². The van der Waals surface area contributed by atoms with Crippen LogP contribution in [0.4, 0.5) is 13.2 Å². The molecule has 0 aliphatic rings. The lowest BCUT2D eigenvalue weighted by molar-refractivity contribution is -0.137. The summed E-state index contributed by atoms with van der Waals surface area (Å²) in [5.41, 5.74) is -1.98. The predicted octanol–water partition coefficient (Wildman–Crippen LogP) is 3.33. The van der Waals surface area contributed by atoms with Gasteiger partial charge in [-0.3, -0.25) is 0 Å². The van der Waals surface area contributed by atoms with Gasteiger partial charge in [-0.25, -0.2) is 0 Å². The van der Waals surface area contributed by atoms with Crippen LogP contribution in [0.25, 0.3) is 0 Å². The van der Waals surface area contributed by atoms with E-state index in [1.807, 2.05) is 0 Å². The van der Waals surface area contributed by atoms with Crippen molar-refractivity contribution in [1.29, 1.82) is 0 Å². The van der Waals surface area contributed by atoms with Crippen LogP contribution in [0, 0.1) is 0 Å². The standard InChI is InChI=1S/C11H12ClF3O2/c1-10(2,5-16)7-3-6(11(13,14)15)4-8(12)9(7)17/h3-4,16-17H,5H2,1-2H3. The normalized spacial score (nSPS) is 12.9. The number of rotatable bonds is 2. The molecule has 0 spiro atoms. The van der Waals surface area contributed by atoms with Crippen LogP contribution in [-0.4, -0.2) is 16.8 Å². The van der Waals surface area contributed by atoms with Crippen molar-refractivity contribution in [1.82, 2.24) is 0 Å². The van der Waals surface area contributed by atoms with Crippen LogP contribution in [-0.2, 0) is 11.6 Å². The quantitative estimate of drug-likeness (QED) is 0.864. The molecule has 0 radical (unpaired) electrons. The molecule has 0 saturated heterocycles. The SMILES string of the molecule is CC(C)(CO)c1cc(C(F)(F)F)cc(Cl)c1O. The highest BCUT2D eigenvalue weighted by atomic mass is 35.5. The molecule has 0 aliphatic heterocycles. The van der Waals surface area contributed by atoms with Gasteiger partial charge in [0, 0.05) is 11.0 Å². The van der Waals surface area contributed by atoms with Crippen molar-refractivity contribution >= 4 is 11.6 Å². The van der Waals surface area contributed by atoms with Crippen molar-refractivity contribution in [2.45, 2.75) is 25.4 Å². The first-order valence-electron chi connectivity index (χ1n) is 4.80. The first-order valence-corrected chi connectivity index (χ1v) is 5.18. The predicted molar refractivity (Wildman–Crippen MR) is 58.2 cm³/mol. The Kier molecular flexibility index (Phi) is 3.64. The van der Waals surface area contributed by atoms with Crippen LogP contribution in [0.3, 0.4) is 0 Å². The van der Waals surface area contributed by atoms with Gasteiger partial charge in [0.1, 0.15) is 5.75 Å². The number of aliphatic hydroxyl groups excluding tert-OH is 1. The summed E-state index contributed by atoms with van der Waals surface area (Å²) in [4.78, 5) is 0. The molecule has 96 valence electrons. The maximum atomic E-state index is 12.6. The van der Waals surface area contributed by atoms with Gasteiger partial charge in [0.15, 0.2) is 0 Å². The minimum Gasteiger partial charge on any atom is -0.506 e. The van der Waals surface area contributed by atoms with Crippen molar-refractivity contribution in [3.63, 3.8) is 0 Å². The van der Waals surface area contributed by atoms with Crippen molar-refractivity contribution in [2.24, 2.45) is 0 Å². The molecule has 0 aliphatic carbocycles. The Morgan fingerprint density at radius 3 is 2.18 bits per heavy atom. The number of aromatic hydroxyl groups is 1. The van der Waals surface area contributed by atoms with Gasteiger partial charge in [0.05, 0.1) is 17.2 Å². The van der Waals surface area contributed by atoms with E-state index in [0.29, 0.717) is 6.07 Å². The molecule has 0 heterocycles. The third-order valence-electron chi connectivity index (χ3n) is 2.52. The molecule has 0 aromatic heterocycles. The highest BCUT2D eigenvalue weighted by Gasteiger charge is 2.34. The van der Waals surface area contributed by atoms with E-state index in [2.05, 4.69) is 0 Å². The topological polar surface area (TPSA) is 40.5 Å². The number of hydrogen-bond donors (Lipinski definition) is 2. The van der Waals surface area contributed by atoms with Gasteiger partial charge in [-0.05, 0) is 12.1 Å². The summed E-state index contributed by atoms with van der Waals surface area (Å²) in [6.45, 7) is 2.62. The van der Waals surface area contributed by atoms with Crippen LogP contribution < -0.4 is 0 Å². The number of alkyl halides is 3. The Balaban J connectivity index is 3.46. The van der Waals surface area contributed by atoms with E-state index in [1.54, 1.807) is 0 Å². The molecule has 2 N–H and O–H groups in total. The van der Waals surface area contributed by atoms with Gasteiger partial charge < -0.3 is 10.2 Å².